The Balaban J connectivity index is 1.98. The monoisotopic (exact) mass is 227 g/mol. The molecule has 1 fully saturated rings. The minimum atomic E-state index is 0.525. The van der Waals surface area contributed by atoms with Gasteiger partial charge in [-0.1, -0.05) is 0 Å². The van der Waals surface area contributed by atoms with Crippen molar-refractivity contribution in [3.8, 4) is 0 Å². The van der Waals surface area contributed by atoms with Crippen molar-refractivity contribution in [1.29, 1.82) is 0 Å². The Bertz CT molecular complexity index is 70.1. The molecule has 0 bridgehead atoms. The second-order valence-electron chi connectivity index (χ2n) is 1.91. The molecule has 0 aromatic carbocycles. The van der Waals surface area contributed by atoms with Gasteiger partial charge in [0.05, 0.1) is 6.10 Å². The van der Waals surface area contributed by atoms with Gasteiger partial charge in [0, 0.05) is 42.6 Å². The maximum atomic E-state index is 5.30. The van der Waals surface area contributed by atoms with Crippen LogP contribution in [0, 0.1) is 0 Å². The zero-order valence-corrected chi connectivity index (χ0v) is 7.09. The summed E-state index contributed by atoms with van der Waals surface area (Å²) in [4.78, 5) is 0. The zero-order valence-electron chi connectivity index (χ0n) is 4.93. The Hall–Kier alpha value is 0.650. The third-order valence-corrected chi connectivity index (χ3v) is 1.99. The molecular formula is C5H10INO. The van der Waals surface area contributed by atoms with Gasteiger partial charge in [-0.05, 0) is 6.92 Å². The predicted octanol–water partition coefficient (Wildman–Crippen LogP) is 1.06. The normalized spacial score (nSPS) is 23.2. The Kier molecular flexibility index (Phi) is 2.52. The fourth-order valence-corrected chi connectivity index (χ4v) is 1.61. The number of ether oxygens (including phenoxy) is 1. The van der Waals surface area contributed by atoms with Crippen molar-refractivity contribution in [2.75, 3.05) is 19.7 Å². The first-order valence-electron chi connectivity index (χ1n) is 2.85. The van der Waals surface area contributed by atoms with Crippen molar-refractivity contribution >= 4 is 22.9 Å². The molecule has 2 nitrogen and oxygen atoms in total. The van der Waals surface area contributed by atoms with E-state index < -0.39 is 0 Å². The van der Waals surface area contributed by atoms with Crippen LogP contribution < -0.4 is 0 Å². The van der Waals surface area contributed by atoms with Crippen LogP contribution in [0.25, 0.3) is 0 Å². The van der Waals surface area contributed by atoms with Crippen molar-refractivity contribution in [3.63, 3.8) is 0 Å². The van der Waals surface area contributed by atoms with Crippen LogP contribution in [0.2, 0.25) is 0 Å². The molecule has 0 spiro atoms. The largest absolute Gasteiger partial charge is 0.376 e. The smallest absolute Gasteiger partial charge is 0.0844 e. The maximum Gasteiger partial charge on any atom is 0.0844 e. The first-order chi connectivity index (χ1) is 3.83. The van der Waals surface area contributed by atoms with Crippen molar-refractivity contribution in [2.24, 2.45) is 0 Å². The highest BCUT2D eigenvalue weighted by atomic mass is 127. The van der Waals surface area contributed by atoms with E-state index >= 15 is 0 Å². The lowest BCUT2D eigenvalue weighted by molar-refractivity contribution is -0.00245. The van der Waals surface area contributed by atoms with Gasteiger partial charge in [0.25, 0.3) is 0 Å². The lowest BCUT2D eigenvalue weighted by Gasteiger charge is -2.33. The third-order valence-electron chi connectivity index (χ3n) is 1.21. The van der Waals surface area contributed by atoms with E-state index in [4.69, 9.17) is 4.74 Å². The van der Waals surface area contributed by atoms with Gasteiger partial charge in [-0.2, -0.15) is 0 Å². The molecule has 0 radical (unpaired) electrons. The van der Waals surface area contributed by atoms with Crippen molar-refractivity contribution in [1.82, 2.24) is 3.11 Å². The average Bonchev–Trinajstić information content (AvgIpc) is 1.64. The molecule has 0 N–H and O–H groups in total. The molecule has 0 unspecified atom stereocenters. The van der Waals surface area contributed by atoms with Crippen LogP contribution in [-0.4, -0.2) is 28.9 Å². The van der Waals surface area contributed by atoms with Gasteiger partial charge in [0.2, 0.25) is 0 Å². The van der Waals surface area contributed by atoms with E-state index in [1.165, 1.54) is 0 Å². The molecule has 48 valence electrons. The van der Waals surface area contributed by atoms with Crippen LogP contribution in [-0.2, 0) is 4.74 Å². The first-order valence-corrected chi connectivity index (χ1v) is 3.81. The summed E-state index contributed by atoms with van der Waals surface area (Å²) in [5, 5.41) is 0. The van der Waals surface area contributed by atoms with E-state index in [2.05, 4.69) is 26.0 Å². The second kappa shape index (κ2) is 2.98. The van der Waals surface area contributed by atoms with E-state index in [1.54, 1.807) is 0 Å². The number of rotatable bonds is 2. The highest BCUT2D eigenvalue weighted by Gasteiger charge is 2.24. The fraction of sp³-hybridized carbons (Fsp3) is 1.00. The predicted molar refractivity (Wildman–Crippen MR) is 41.0 cm³/mol. The molecular weight excluding hydrogens is 217 g/mol. The van der Waals surface area contributed by atoms with E-state index in [0.717, 1.165) is 19.7 Å². The minimum absolute atomic E-state index is 0.525. The van der Waals surface area contributed by atoms with Crippen LogP contribution in [0.4, 0.5) is 0 Å². The summed E-state index contributed by atoms with van der Waals surface area (Å²) in [5.41, 5.74) is 0. The lowest BCUT2D eigenvalue weighted by atomic mass is 10.2. The summed E-state index contributed by atoms with van der Waals surface area (Å²) in [6.07, 6.45) is 0.525. The van der Waals surface area contributed by atoms with Crippen molar-refractivity contribution in [2.45, 2.75) is 13.0 Å². The van der Waals surface area contributed by atoms with E-state index in [-0.39, 0.29) is 0 Å². The zero-order chi connectivity index (χ0) is 5.98. The summed E-state index contributed by atoms with van der Waals surface area (Å²) in [5.74, 6) is 0. The molecule has 0 saturated carbocycles. The van der Waals surface area contributed by atoms with Crippen molar-refractivity contribution in [3.05, 3.63) is 0 Å². The first kappa shape index (κ1) is 6.77. The molecule has 0 amide bonds. The van der Waals surface area contributed by atoms with Gasteiger partial charge >= 0.3 is 0 Å². The standard InChI is InChI=1S/C5H10INO/c1-2-8-5-3-7(6)4-5/h5H,2-4H2,1H3. The number of hydrogen-bond acceptors (Lipinski definition) is 2. The van der Waals surface area contributed by atoms with E-state index in [0.29, 0.717) is 6.10 Å². The fourth-order valence-electron chi connectivity index (χ4n) is 0.730. The lowest BCUT2D eigenvalue weighted by Crippen LogP contribution is -2.46. The van der Waals surface area contributed by atoms with Gasteiger partial charge in [-0.15, -0.1) is 0 Å². The van der Waals surface area contributed by atoms with Crippen LogP contribution >= 0.6 is 22.9 Å². The van der Waals surface area contributed by atoms with E-state index in [1.807, 2.05) is 6.92 Å². The van der Waals surface area contributed by atoms with Gasteiger partial charge < -0.3 is 4.74 Å². The molecule has 3 heteroatoms. The van der Waals surface area contributed by atoms with E-state index in [9.17, 15) is 0 Å². The number of halogens is 1. The second-order valence-corrected chi connectivity index (χ2v) is 3.27. The Morgan fingerprint density at radius 2 is 2.38 bits per heavy atom. The molecule has 1 heterocycles. The summed E-state index contributed by atoms with van der Waals surface area (Å²) in [6, 6.07) is 0. The average molecular weight is 227 g/mol. The van der Waals surface area contributed by atoms with Crippen LogP contribution in [0.15, 0.2) is 0 Å². The Morgan fingerprint density at radius 1 is 1.75 bits per heavy atom. The summed E-state index contributed by atoms with van der Waals surface area (Å²) in [6.45, 7) is 5.10. The molecule has 1 rings (SSSR count). The number of hydrogen-bond donors (Lipinski definition) is 0. The van der Waals surface area contributed by atoms with Gasteiger partial charge in [0.15, 0.2) is 0 Å². The summed E-state index contributed by atoms with van der Waals surface area (Å²) < 4.78 is 7.52. The highest BCUT2D eigenvalue weighted by Crippen LogP contribution is 2.15. The molecule has 1 saturated heterocycles. The molecule has 1 aliphatic heterocycles. The molecule has 0 atom stereocenters. The molecule has 0 aromatic heterocycles. The summed E-state index contributed by atoms with van der Waals surface area (Å²) in [7, 11) is 0. The Morgan fingerprint density at radius 3 is 2.75 bits per heavy atom. The quantitative estimate of drug-likeness (QED) is 0.516. The SMILES string of the molecule is CCOC1CN(I)C1. The topological polar surface area (TPSA) is 12.5 Å². The Labute approximate surface area is 63.7 Å². The summed E-state index contributed by atoms with van der Waals surface area (Å²) >= 11 is 2.30. The third kappa shape index (κ3) is 1.56. The van der Waals surface area contributed by atoms with Crippen LogP contribution in [0.5, 0.6) is 0 Å². The maximum absolute atomic E-state index is 5.30. The molecule has 0 aromatic rings. The van der Waals surface area contributed by atoms with Gasteiger partial charge in [-0.25, -0.2) is 3.11 Å². The highest BCUT2D eigenvalue weighted by molar-refractivity contribution is 14.1. The number of nitrogens with zero attached hydrogens (tertiary/aromatic N) is 1. The molecule has 1 aliphatic rings. The van der Waals surface area contributed by atoms with Gasteiger partial charge in [-0.3, -0.25) is 0 Å². The molecule has 0 aliphatic carbocycles. The van der Waals surface area contributed by atoms with Gasteiger partial charge in [0.1, 0.15) is 0 Å². The van der Waals surface area contributed by atoms with Crippen molar-refractivity contribution < 1.29 is 4.74 Å². The van der Waals surface area contributed by atoms with Crippen LogP contribution in [0.1, 0.15) is 6.92 Å². The van der Waals surface area contributed by atoms with Crippen LogP contribution in [0.3, 0.4) is 0 Å². The molecule has 8 heavy (non-hydrogen) atoms. The minimum Gasteiger partial charge on any atom is -0.376 e.